The average Bonchev–Trinajstić information content (AvgIpc) is 3.72. The Bertz CT molecular complexity index is 2260. The Morgan fingerprint density at radius 1 is 0.737 bits per heavy atom. The molecule has 0 radical (unpaired) electrons. The van der Waals surface area contributed by atoms with Crippen molar-refractivity contribution in [2.24, 2.45) is 63.7 Å². The van der Waals surface area contributed by atoms with Crippen LogP contribution < -0.4 is 48.7 Å². The molecule has 0 aromatic heterocycles. The molecule has 0 bridgehead atoms. The summed E-state index contributed by atoms with van der Waals surface area (Å²) in [7, 11) is 0. The standard InChI is InChI=1S/C56H88N10O10/c1-32(2)13-11-14-34(5)39-20-21-40-38-19-18-36-28-37(22-24-55(36,6)41(38)23-25-56(39,40)7)76-54(75)62-31-46(68)64-44(27-35-15-9-8-10-16-35)51(73)66-48(33(3)4)52(74)65-42(17-12-26-60-53(58)59)50(72)61-30-45(67)63-43(49(57)71)29-47(69)70/h8-10,15-16,18,32-34,37-44,48H,11-14,17,19-31H2,1-7H3,(H2,57,71)(H,61,72)(H,62,75)(H,63,67)(H,64,68)(H,65,74)(H,66,73)(H,69,70)(H4,58,59,60)/t34-,37+,38+,39-,40+,41+,42+,43+,44?,48?,55+,56-/m1/s1. The maximum atomic E-state index is 14.1. The Morgan fingerprint density at radius 3 is 2.07 bits per heavy atom. The van der Waals surface area contributed by atoms with Crippen molar-refractivity contribution in [2.45, 2.75) is 175 Å². The summed E-state index contributed by atoms with van der Waals surface area (Å²) >= 11 is 0. The summed E-state index contributed by atoms with van der Waals surface area (Å²) in [6.45, 7) is 14.5. The van der Waals surface area contributed by atoms with Gasteiger partial charge in [-0.3, -0.25) is 39.0 Å². The monoisotopic (exact) mass is 1060 g/mol. The van der Waals surface area contributed by atoms with Gasteiger partial charge in [-0.25, -0.2) is 4.79 Å². The van der Waals surface area contributed by atoms with Gasteiger partial charge in [0.2, 0.25) is 35.4 Å². The predicted molar refractivity (Wildman–Crippen MR) is 288 cm³/mol. The zero-order chi connectivity index (χ0) is 55.9. The number of amides is 7. The fourth-order valence-corrected chi connectivity index (χ4v) is 13.2. The number of nitrogens with two attached hydrogens (primary N) is 2. The van der Waals surface area contributed by atoms with Gasteiger partial charge in [-0.05, 0) is 116 Å². The summed E-state index contributed by atoms with van der Waals surface area (Å²) < 4.78 is 5.95. The number of carbonyl (C=O) groups is 8. The molecule has 2 unspecified atom stereocenters. The van der Waals surface area contributed by atoms with Crippen LogP contribution >= 0.6 is 0 Å². The van der Waals surface area contributed by atoms with E-state index >= 15 is 0 Å². The summed E-state index contributed by atoms with van der Waals surface area (Å²) in [4.78, 5) is 104. The van der Waals surface area contributed by atoms with Crippen LogP contribution in [0.2, 0.25) is 0 Å². The molecule has 4 aliphatic carbocycles. The Labute approximate surface area is 448 Å². The van der Waals surface area contributed by atoms with Gasteiger partial charge in [-0.1, -0.05) is 110 Å². The maximum Gasteiger partial charge on any atom is 0.407 e. The molecule has 20 nitrogen and oxygen atoms in total. The first-order valence-electron chi connectivity index (χ1n) is 27.7. The van der Waals surface area contributed by atoms with Crippen molar-refractivity contribution in [1.29, 1.82) is 5.41 Å². The highest BCUT2D eigenvalue weighted by Crippen LogP contribution is 2.67. The van der Waals surface area contributed by atoms with Crippen LogP contribution in [0.1, 0.15) is 144 Å². The highest BCUT2D eigenvalue weighted by Gasteiger charge is 2.59. The number of hydrogen-bond acceptors (Lipinski definition) is 10. The highest BCUT2D eigenvalue weighted by molar-refractivity contribution is 5.96. The van der Waals surface area contributed by atoms with E-state index in [1.807, 2.05) is 0 Å². The zero-order valence-electron chi connectivity index (χ0n) is 45.9. The zero-order valence-corrected chi connectivity index (χ0v) is 45.9. The number of benzene rings is 1. The second kappa shape index (κ2) is 27.7. The highest BCUT2D eigenvalue weighted by atomic mass is 16.6. The van der Waals surface area contributed by atoms with E-state index < -0.39 is 97.1 Å². The third kappa shape index (κ3) is 16.6. The van der Waals surface area contributed by atoms with E-state index in [1.54, 1.807) is 44.2 Å². The van der Waals surface area contributed by atoms with Gasteiger partial charge in [-0.2, -0.15) is 0 Å². The lowest BCUT2D eigenvalue weighted by Crippen LogP contribution is -2.59. The van der Waals surface area contributed by atoms with Crippen molar-refractivity contribution in [2.75, 3.05) is 19.6 Å². The van der Waals surface area contributed by atoms with E-state index in [2.05, 4.69) is 77.9 Å². The lowest BCUT2D eigenvalue weighted by molar-refractivity contribution is -0.140. The fourth-order valence-electron chi connectivity index (χ4n) is 13.2. The lowest BCUT2D eigenvalue weighted by atomic mass is 9.47. The Balaban J connectivity index is 1.17. The van der Waals surface area contributed by atoms with Gasteiger partial charge in [0, 0.05) is 19.4 Å². The normalized spacial score (nSPS) is 25.5. The molecule has 3 saturated carbocycles. The number of guanidine groups is 1. The van der Waals surface area contributed by atoms with E-state index in [1.165, 1.54) is 50.5 Å². The molecule has 422 valence electrons. The fraction of sp³-hybridized carbons (Fsp3) is 0.696. The Hall–Kier alpha value is -6.21. The third-order valence-corrected chi connectivity index (χ3v) is 17.2. The van der Waals surface area contributed by atoms with Crippen molar-refractivity contribution in [3.05, 3.63) is 47.5 Å². The quantitative estimate of drug-likeness (QED) is 0.0254. The van der Waals surface area contributed by atoms with Crippen LogP contribution in [0.25, 0.3) is 0 Å². The first-order valence-corrected chi connectivity index (χ1v) is 27.7. The number of primary amides is 1. The Kier molecular flexibility index (Phi) is 22.1. The largest absolute Gasteiger partial charge is 0.481 e. The van der Waals surface area contributed by atoms with E-state index in [0.29, 0.717) is 29.2 Å². The molecule has 4 aliphatic rings. The molecule has 76 heavy (non-hydrogen) atoms. The van der Waals surface area contributed by atoms with Crippen molar-refractivity contribution < 1.29 is 48.2 Å². The molecule has 3 fully saturated rings. The van der Waals surface area contributed by atoms with Gasteiger partial charge in [-0.15, -0.1) is 0 Å². The van der Waals surface area contributed by atoms with Crippen LogP contribution in [0.4, 0.5) is 4.79 Å². The number of allylic oxidation sites excluding steroid dienone is 1. The molecule has 13 N–H and O–H groups in total. The van der Waals surface area contributed by atoms with E-state index in [0.717, 1.165) is 42.9 Å². The minimum Gasteiger partial charge on any atom is -0.481 e. The molecular formula is C56H88N10O10. The summed E-state index contributed by atoms with van der Waals surface area (Å²) in [6.07, 6.45) is 13.4. The number of carboxylic acids is 1. The number of carbonyl (C=O) groups excluding carboxylic acids is 7. The molecule has 7 amide bonds. The number of ether oxygens (including phenoxy) is 1. The molecule has 1 aromatic rings. The smallest absolute Gasteiger partial charge is 0.407 e. The molecule has 20 heteroatoms. The number of rotatable bonds is 27. The molecular weight excluding hydrogens is 973 g/mol. The maximum absolute atomic E-state index is 14.1. The lowest BCUT2D eigenvalue weighted by Gasteiger charge is -2.58. The summed E-state index contributed by atoms with van der Waals surface area (Å²) in [5.74, 6) is -2.86. The van der Waals surface area contributed by atoms with Crippen LogP contribution in [-0.2, 0) is 44.7 Å². The summed E-state index contributed by atoms with van der Waals surface area (Å²) in [5.41, 5.74) is 13.2. The van der Waals surface area contributed by atoms with Crippen LogP contribution in [0.5, 0.6) is 0 Å². The molecule has 0 aliphatic heterocycles. The number of alkyl carbamates (subject to hydrolysis) is 1. The van der Waals surface area contributed by atoms with Crippen LogP contribution in [0.15, 0.2) is 42.0 Å². The van der Waals surface area contributed by atoms with Crippen LogP contribution in [0, 0.1) is 57.7 Å². The van der Waals surface area contributed by atoms with Crippen molar-refractivity contribution in [3.8, 4) is 0 Å². The molecule has 0 saturated heterocycles. The minimum atomic E-state index is -1.53. The van der Waals surface area contributed by atoms with E-state index in [4.69, 9.17) is 26.7 Å². The SMILES string of the molecule is CC(C)CCC[C@@H](C)[C@H]1CC[C@H]2[C@@H]3CC=C4C[C@@H](OC(=O)NCC(=O)NC(Cc5ccccc5)C(=O)NC(C(=O)N[C@@H](CCCNC(=N)N)C(=O)NCC(=O)N[C@@H](CC(=O)O)C(N)=O)C(C)C)CC[C@]4(C)[C@H]3CC[C@]12C. The van der Waals surface area contributed by atoms with Crippen LogP contribution in [-0.4, -0.2) is 108 Å². The van der Waals surface area contributed by atoms with E-state index in [9.17, 15) is 38.4 Å². The minimum absolute atomic E-state index is 0.0130. The second-order valence-corrected chi connectivity index (χ2v) is 23.3. The van der Waals surface area contributed by atoms with Crippen molar-refractivity contribution >= 4 is 53.5 Å². The predicted octanol–water partition coefficient (Wildman–Crippen LogP) is 4.30. The third-order valence-electron chi connectivity index (χ3n) is 17.2. The number of carboxylic acid groups (broad SMARTS) is 1. The Morgan fingerprint density at radius 2 is 1.42 bits per heavy atom. The first-order chi connectivity index (χ1) is 35.9. The van der Waals surface area contributed by atoms with E-state index in [-0.39, 0.29) is 43.3 Å². The number of hydrogen-bond donors (Lipinski definition) is 11. The second-order valence-electron chi connectivity index (χ2n) is 23.3. The van der Waals surface area contributed by atoms with Gasteiger partial charge in [0.1, 0.15) is 36.8 Å². The summed E-state index contributed by atoms with van der Waals surface area (Å²) in [5, 5.41) is 34.3. The average molecular weight is 1060 g/mol. The molecule has 0 heterocycles. The van der Waals surface area contributed by atoms with Gasteiger partial charge in [0.25, 0.3) is 0 Å². The van der Waals surface area contributed by atoms with Crippen LogP contribution in [0.3, 0.4) is 0 Å². The number of nitrogens with one attached hydrogen (secondary N) is 8. The molecule has 12 atom stereocenters. The number of fused-ring (bicyclic) bond motifs is 5. The molecule has 0 spiro atoms. The summed E-state index contributed by atoms with van der Waals surface area (Å²) in [6, 6.07) is 3.68. The topological polar surface area (TPSA) is 326 Å². The number of aliphatic carboxylic acids is 1. The van der Waals surface area contributed by atoms with Crippen molar-refractivity contribution in [1.82, 2.24) is 37.2 Å². The van der Waals surface area contributed by atoms with Gasteiger partial charge >= 0.3 is 12.1 Å². The first kappa shape index (κ1) is 60.7. The van der Waals surface area contributed by atoms with Crippen molar-refractivity contribution in [3.63, 3.8) is 0 Å². The van der Waals surface area contributed by atoms with Gasteiger partial charge < -0.3 is 58.5 Å². The molecule has 5 rings (SSSR count). The molecule has 1 aromatic carbocycles. The van der Waals surface area contributed by atoms with Gasteiger partial charge in [0.15, 0.2) is 5.96 Å². The van der Waals surface area contributed by atoms with Gasteiger partial charge in [0.05, 0.1) is 13.0 Å².